The molecule has 16 heavy (non-hydrogen) atoms. The van der Waals surface area contributed by atoms with Gasteiger partial charge in [0.1, 0.15) is 0 Å². The molecule has 0 aromatic heterocycles. The smallest absolute Gasteiger partial charge is 0.234 e. The van der Waals surface area contributed by atoms with Gasteiger partial charge in [0, 0.05) is 17.3 Å². The maximum Gasteiger partial charge on any atom is 0.234 e. The highest BCUT2D eigenvalue weighted by atomic mass is 35.7. The van der Waals surface area contributed by atoms with Crippen LogP contribution < -0.4 is 0 Å². The third kappa shape index (κ3) is 7.44. The van der Waals surface area contributed by atoms with Crippen molar-refractivity contribution >= 4 is 19.7 Å². The average molecular weight is 271 g/mol. The van der Waals surface area contributed by atoms with Gasteiger partial charge in [0.25, 0.3) is 0 Å². The summed E-state index contributed by atoms with van der Waals surface area (Å²) in [5.74, 6) is 0.570. The number of halogens is 1. The molecule has 1 aliphatic carbocycles. The molecule has 1 fully saturated rings. The van der Waals surface area contributed by atoms with E-state index in [-0.39, 0.29) is 12.4 Å². The third-order valence-electron chi connectivity index (χ3n) is 2.67. The Hall–Kier alpha value is 0.160. The molecule has 0 bridgehead atoms. The zero-order valence-corrected chi connectivity index (χ0v) is 10.9. The summed E-state index contributed by atoms with van der Waals surface area (Å²) in [5.41, 5.74) is 0. The van der Waals surface area contributed by atoms with Crippen LogP contribution in [0, 0.1) is 5.92 Å². The van der Waals surface area contributed by atoms with E-state index in [9.17, 15) is 8.42 Å². The first-order valence-electron chi connectivity index (χ1n) is 5.66. The van der Waals surface area contributed by atoms with Crippen LogP contribution in [0.5, 0.6) is 0 Å². The molecule has 0 N–H and O–H groups in total. The maximum absolute atomic E-state index is 10.5. The van der Waals surface area contributed by atoms with Crippen LogP contribution in [0.2, 0.25) is 0 Å². The normalized spacial score (nSPS) is 18.1. The quantitative estimate of drug-likeness (QED) is 0.498. The van der Waals surface area contributed by atoms with Crippen LogP contribution in [0.4, 0.5) is 0 Å². The van der Waals surface area contributed by atoms with Crippen molar-refractivity contribution in [1.29, 1.82) is 0 Å². The average Bonchev–Trinajstić information content (AvgIpc) is 2.67. The first-order chi connectivity index (χ1) is 7.58. The highest BCUT2D eigenvalue weighted by Gasteiger charge is 2.14. The molecule has 0 aliphatic heterocycles. The van der Waals surface area contributed by atoms with Gasteiger partial charge in [0.2, 0.25) is 9.05 Å². The Morgan fingerprint density at radius 1 is 1.06 bits per heavy atom. The Kier molecular flexibility index (Phi) is 6.65. The lowest BCUT2D eigenvalue weighted by atomic mass is 10.1. The van der Waals surface area contributed by atoms with Crippen LogP contribution in [0.15, 0.2) is 0 Å². The summed E-state index contributed by atoms with van der Waals surface area (Å²) >= 11 is 0. The van der Waals surface area contributed by atoms with Gasteiger partial charge in [0.15, 0.2) is 0 Å². The first kappa shape index (κ1) is 14.2. The monoisotopic (exact) mass is 270 g/mol. The van der Waals surface area contributed by atoms with Crippen LogP contribution in [0.1, 0.15) is 25.7 Å². The standard InChI is InChI=1S/C10H19ClO4S/c11-16(12,13)8-7-14-5-6-15-9-10-3-1-2-4-10/h10H,1-9H2. The lowest BCUT2D eigenvalue weighted by molar-refractivity contribution is 0.0389. The fourth-order valence-electron chi connectivity index (χ4n) is 1.81. The molecule has 0 aromatic carbocycles. The predicted molar refractivity (Wildman–Crippen MR) is 63.2 cm³/mol. The summed E-state index contributed by atoms with van der Waals surface area (Å²) in [4.78, 5) is 0. The van der Waals surface area contributed by atoms with Crippen molar-refractivity contribution in [3.8, 4) is 0 Å². The highest BCUT2D eigenvalue weighted by Crippen LogP contribution is 2.24. The second-order valence-corrected chi connectivity index (χ2v) is 6.98. The van der Waals surface area contributed by atoms with Crippen molar-refractivity contribution in [1.82, 2.24) is 0 Å². The van der Waals surface area contributed by atoms with Gasteiger partial charge in [-0.2, -0.15) is 0 Å². The summed E-state index contributed by atoms with van der Waals surface area (Å²) in [6.45, 7) is 1.90. The zero-order chi connectivity index (χ0) is 11.9. The molecular weight excluding hydrogens is 252 g/mol. The number of rotatable bonds is 8. The highest BCUT2D eigenvalue weighted by molar-refractivity contribution is 8.13. The molecule has 4 nitrogen and oxygen atoms in total. The minimum Gasteiger partial charge on any atom is -0.379 e. The van der Waals surface area contributed by atoms with Gasteiger partial charge in [-0.3, -0.25) is 0 Å². The van der Waals surface area contributed by atoms with Crippen LogP contribution in [-0.4, -0.2) is 40.6 Å². The second-order valence-electron chi connectivity index (χ2n) is 4.08. The summed E-state index contributed by atoms with van der Waals surface area (Å²) in [6.07, 6.45) is 5.17. The van der Waals surface area contributed by atoms with Crippen LogP contribution >= 0.6 is 10.7 Å². The van der Waals surface area contributed by atoms with Crippen LogP contribution in [0.25, 0.3) is 0 Å². The maximum atomic E-state index is 10.5. The molecule has 0 atom stereocenters. The minimum absolute atomic E-state index is 0.138. The van der Waals surface area contributed by atoms with E-state index in [4.69, 9.17) is 20.2 Å². The lowest BCUT2D eigenvalue weighted by Crippen LogP contribution is -2.13. The molecule has 0 saturated heterocycles. The SMILES string of the molecule is O=S(=O)(Cl)CCOCCOCC1CCCC1. The van der Waals surface area contributed by atoms with E-state index in [1.807, 2.05) is 0 Å². The Morgan fingerprint density at radius 2 is 1.69 bits per heavy atom. The largest absolute Gasteiger partial charge is 0.379 e. The van der Waals surface area contributed by atoms with Crippen molar-refractivity contribution in [3.05, 3.63) is 0 Å². The molecule has 0 radical (unpaired) electrons. The van der Waals surface area contributed by atoms with Crippen LogP contribution in [0.3, 0.4) is 0 Å². The van der Waals surface area contributed by atoms with E-state index in [0.717, 1.165) is 6.61 Å². The van der Waals surface area contributed by atoms with Crippen molar-refractivity contribution < 1.29 is 17.9 Å². The first-order valence-corrected chi connectivity index (χ1v) is 8.13. The molecular formula is C10H19ClO4S. The zero-order valence-electron chi connectivity index (χ0n) is 9.36. The third-order valence-corrected chi connectivity index (χ3v) is 3.79. The summed E-state index contributed by atoms with van der Waals surface area (Å²) in [7, 11) is 1.60. The number of hydrogen-bond acceptors (Lipinski definition) is 4. The molecule has 0 unspecified atom stereocenters. The van der Waals surface area contributed by atoms with Gasteiger partial charge < -0.3 is 9.47 Å². The Morgan fingerprint density at radius 3 is 2.31 bits per heavy atom. The van der Waals surface area contributed by atoms with E-state index in [0.29, 0.717) is 19.1 Å². The predicted octanol–water partition coefficient (Wildman–Crippen LogP) is 1.78. The summed E-state index contributed by atoms with van der Waals surface area (Å²) in [5, 5.41) is 0. The molecule has 1 aliphatic rings. The number of hydrogen-bond donors (Lipinski definition) is 0. The lowest BCUT2D eigenvalue weighted by Gasteiger charge is -2.09. The molecule has 96 valence electrons. The van der Waals surface area contributed by atoms with Crippen molar-refractivity contribution in [2.75, 3.05) is 32.2 Å². The van der Waals surface area contributed by atoms with Gasteiger partial charge in [-0.05, 0) is 18.8 Å². The van der Waals surface area contributed by atoms with Gasteiger partial charge in [-0.15, -0.1) is 0 Å². The Balaban J connectivity index is 1.84. The van der Waals surface area contributed by atoms with E-state index < -0.39 is 9.05 Å². The summed E-state index contributed by atoms with van der Waals surface area (Å²) < 4.78 is 31.6. The fraction of sp³-hybridized carbons (Fsp3) is 1.00. The topological polar surface area (TPSA) is 52.6 Å². The summed E-state index contributed by atoms with van der Waals surface area (Å²) in [6, 6.07) is 0. The van der Waals surface area contributed by atoms with Gasteiger partial charge in [-0.25, -0.2) is 8.42 Å². The van der Waals surface area contributed by atoms with E-state index >= 15 is 0 Å². The molecule has 0 amide bonds. The van der Waals surface area contributed by atoms with Gasteiger partial charge >= 0.3 is 0 Å². The fourth-order valence-corrected chi connectivity index (χ4v) is 2.31. The van der Waals surface area contributed by atoms with Crippen molar-refractivity contribution in [3.63, 3.8) is 0 Å². The van der Waals surface area contributed by atoms with Crippen molar-refractivity contribution in [2.45, 2.75) is 25.7 Å². The molecule has 0 spiro atoms. The van der Waals surface area contributed by atoms with E-state index in [1.165, 1.54) is 25.7 Å². The minimum atomic E-state index is -3.42. The van der Waals surface area contributed by atoms with E-state index in [1.54, 1.807) is 0 Å². The molecule has 0 aromatic rings. The molecule has 0 heterocycles. The molecule has 1 rings (SSSR count). The number of ether oxygens (including phenoxy) is 2. The van der Waals surface area contributed by atoms with E-state index in [2.05, 4.69) is 0 Å². The molecule has 6 heteroatoms. The van der Waals surface area contributed by atoms with Crippen LogP contribution in [-0.2, 0) is 18.5 Å². The second kappa shape index (κ2) is 7.48. The Bertz CT molecular complexity index is 273. The molecule has 1 saturated carbocycles. The van der Waals surface area contributed by atoms with Crippen molar-refractivity contribution in [2.24, 2.45) is 5.92 Å². The van der Waals surface area contributed by atoms with Gasteiger partial charge in [0.05, 0.1) is 25.6 Å². The van der Waals surface area contributed by atoms with Gasteiger partial charge in [-0.1, -0.05) is 12.8 Å². The Labute approximate surface area is 102 Å².